The second kappa shape index (κ2) is 5.83. The van der Waals surface area contributed by atoms with Crippen molar-refractivity contribution in [1.29, 1.82) is 0 Å². The van der Waals surface area contributed by atoms with E-state index in [0.29, 0.717) is 0 Å². The summed E-state index contributed by atoms with van der Waals surface area (Å²) in [5.74, 6) is 0.193. The standard InChI is InChI=1S/C13H25N3O/c1-2-7-13(8-6-9-14-13)12(17)15-16-10-4-3-5-11-16/h14H,2-11H2,1H3,(H,15,17). The number of amides is 1. The lowest BCUT2D eigenvalue weighted by molar-refractivity contribution is -0.133. The van der Waals surface area contributed by atoms with Crippen molar-refractivity contribution in [2.24, 2.45) is 0 Å². The number of hydrogen-bond donors (Lipinski definition) is 2. The number of nitrogens with one attached hydrogen (secondary N) is 2. The molecule has 0 radical (unpaired) electrons. The molecule has 0 aliphatic carbocycles. The maximum absolute atomic E-state index is 12.4. The van der Waals surface area contributed by atoms with Crippen molar-refractivity contribution in [3.05, 3.63) is 0 Å². The van der Waals surface area contributed by atoms with E-state index in [9.17, 15) is 4.79 Å². The maximum atomic E-state index is 12.4. The van der Waals surface area contributed by atoms with Gasteiger partial charge < -0.3 is 5.32 Å². The first-order valence-electron chi connectivity index (χ1n) is 7.08. The first kappa shape index (κ1) is 12.8. The molecule has 0 aromatic carbocycles. The molecule has 2 rings (SSSR count). The van der Waals surface area contributed by atoms with Crippen LogP contribution < -0.4 is 10.7 Å². The summed E-state index contributed by atoms with van der Waals surface area (Å²) in [6.07, 6.45) is 7.81. The normalized spacial score (nSPS) is 30.4. The van der Waals surface area contributed by atoms with E-state index in [1.807, 2.05) is 0 Å². The average molecular weight is 239 g/mol. The van der Waals surface area contributed by atoms with Crippen LogP contribution >= 0.6 is 0 Å². The molecule has 4 nitrogen and oxygen atoms in total. The first-order valence-corrected chi connectivity index (χ1v) is 7.08. The molecule has 98 valence electrons. The fourth-order valence-electron chi connectivity index (χ4n) is 3.01. The van der Waals surface area contributed by atoms with Gasteiger partial charge in [0.2, 0.25) is 0 Å². The number of nitrogens with zero attached hydrogens (tertiary/aromatic N) is 1. The number of piperidine rings is 1. The third-order valence-corrected chi connectivity index (χ3v) is 3.97. The summed E-state index contributed by atoms with van der Waals surface area (Å²) >= 11 is 0. The van der Waals surface area contributed by atoms with Crippen LogP contribution in [0.25, 0.3) is 0 Å². The predicted molar refractivity (Wildman–Crippen MR) is 68.4 cm³/mol. The summed E-state index contributed by atoms with van der Waals surface area (Å²) < 4.78 is 0. The van der Waals surface area contributed by atoms with Crippen molar-refractivity contribution < 1.29 is 4.79 Å². The molecule has 1 amide bonds. The van der Waals surface area contributed by atoms with Crippen LogP contribution in [0.2, 0.25) is 0 Å². The molecule has 2 heterocycles. The highest BCUT2D eigenvalue weighted by Crippen LogP contribution is 2.25. The molecule has 0 bridgehead atoms. The molecule has 2 aliphatic rings. The highest BCUT2D eigenvalue weighted by molar-refractivity contribution is 5.86. The van der Waals surface area contributed by atoms with Crippen molar-refractivity contribution in [3.63, 3.8) is 0 Å². The van der Waals surface area contributed by atoms with Gasteiger partial charge in [0.1, 0.15) is 0 Å². The van der Waals surface area contributed by atoms with Crippen LogP contribution in [0.15, 0.2) is 0 Å². The predicted octanol–water partition coefficient (Wildman–Crippen LogP) is 1.43. The van der Waals surface area contributed by atoms with Gasteiger partial charge in [0.05, 0.1) is 5.54 Å². The number of carbonyl (C=O) groups is 1. The van der Waals surface area contributed by atoms with Crippen LogP contribution in [-0.2, 0) is 4.79 Å². The zero-order chi connectivity index (χ0) is 12.1. The van der Waals surface area contributed by atoms with Crippen LogP contribution in [0.1, 0.15) is 51.9 Å². The SMILES string of the molecule is CCCC1(C(=O)NN2CCCCC2)CCCN1. The van der Waals surface area contributed by atoms with Crippen LogP contribution in [0.3, 0.4) is 0 Å². The molecule has 0 saturated carbocycles. The maximum Gasteiger partial charge on any atom is 0.254 e. The number of rotatable bonds is 4. The molecule has 0 aromatic rings. The minimum atomic E-state index is -0.286. The molecular weight excluding hydrogens is 214 g/mol. The van der Waals surface area contributed by atoms with E-state index in [4.69, 9.17) is 0 Å². The topological polar surface area (TPSA) is 44.4 Å². The lowest BCUT2D eigenvalue weighted by Gasteiger charge is -2.33. The molecule has 2 fully saturated rings. The van der Waals surface area contributed by atoms with Crippen molar-refractivity contribution in [2.75, 3.05) is 19.6 Å². The Labute approximate surface area is 104 Å². The first-order chi connectivity index (χ1) is 8.27. The molecule has 1 atom stereocenters. The lowest BCUT2D eigenvalue weighted by Crippen LogP contribution is -2.58. The van der Waals surface area contributed by atoms with Gasteiger partial charge in [0.15, 0.2) is 0 Å². The van der Waals surface area contributed by atoms with Gasteiger partial charge in [-0.15, -0.1) is 0 Å². The van der Waals surface area contributed by atoms with E-state index in [1.54, 1.807) is 0 Å². The molecular formula is C13H25N3O. The zero-order valence-electron chi connectivity index (χ0n) is 10.9. The highest BCUT2D eigenvalue weighted by atomic mass is 16.2. The largest absolute Gasteiger partial charge is 0.303 e. The molecule has 2 N–H and O–H groups in total. The van der Waals surface area contributed by atoms with E-state index in [2.05, 4.69) is 22.7 Å². The van der Waals surface area contributed by atoms with Crippen molar-refractivity contribution in [2.45, 2.75) is 57.4 Å². The Morgan fingerprint density at radius 1 is 1.29 bits per heavy atom. The zero-order valence-corrected chi connectivity index (χ0v) is 10.9. The van der Waals surface area contributed by atoms with E-state index < -0.39 is 0 Å². The van der Waals surface area contributed by atoms with Crippen molar-refractivity contribution in [3.8, 4) is 0 Å². The number of hydrogen-bond acceptors (Lipinski definition) is 3. The van der Waals surface area contributed by atoms with Gasteiger partial charge in [-0.3, -0.25) is 10.2 Å². The average Bonchev–Trinajstić information content (AvgIpc) is 2.81. The molecule has 2 saturated heterocycles. The smallest absolute Gasteiger partial charge is 0.254 e. The minimum absolute atomic E-state index is 0.193. The van der Waals surface area contributed by atoms with Crippen LogP contribution in [0.5, 0.6) is 0 Å². The van der Waals surface area contributed by atoms with Crippen LogP contribution in [-0.4, -0.2) is 36.1 Å². The van der Waals surface area contributed by atoms with Gasteiger partial charge in [0.25, 0.3) is 5.91 Å². The third kappa shape index (κ3) is 2.99. The molecule has 1 unspecified atom stereocenters. The van der Waals surface area contributed by atoms with Crippen molar-refractivity contribution >= 4 is 5.91 Å². The Morgan fingerprint density at radius 3 is 2.65 bits per heavy atom. The van der Waals surface area contributed by atoms with Gasteiger partial charge in [-0.05, 0) is 38.6 Å². The van der Waals surface area contributed by atoms with E-state index in [-0.39, 0.29) is 11.4 Å². The minimum Gasteiger partial charge on any atom is -0.303 e. The summed E-state index contributed by atoms with van der Waals surface area (Å²) in [5.41, 5.74) is 2.83. The second-order valence-electron chi connectivity index (χ2n) is 5.35. The Kier molecular flexibility index (Phi) is 4.40. The number of hydrazine groups is 1. The van der Waals surface area contributed by atoms with E-state index >= 15 is 0 Å². The lowest BCUT2D eigenvalue weighted by atomic mass is 9.91. The molecule has 0 aromatic heterocycles. The molecule has 0 spiro atoms. The van der Waals surface area contributed by atoms with Crippen LogP contribution in [0.4, 0.5) is 0 Å². The Hall–Kier alpha value is -0.610. The Morgan fingerprint density at radius 2 is 2.06 bits per heavy atom. The molecule has 4 heteroatoms. The highest BCUT2D eigenvalue weighted by Gasteiger charge is 2.40. The molecule has 17 heavy (non-hydrogen) atoms. The molecule has 2 aliphatic heterocycles. The summed E-state index contributed by atoms with van der Waals surface area (Å²) in [6.45, 7) is 5.14. The van der Waals surface area contributed by atoms with E-state index in [1.165, 1.54) is 19.3 Å². The summed E-state index contributed by atoms with van der Waals surface area (Å²) in [4.78, 5) is 12.4. The monoisotopic (exact) mass is 239 g/mol. The third-order valence-electron chi connectivity index (χ3n) is 3.97. The Bertz CT molecular complexity index is 255. The summed E-state index contributed by atoms with van der Waals surface area (Å²) in [5, 5.41) is 5.52. The summed E-state index contributed by atoms with van der Waals surface area (Å²) in [6, 6.07) is 0. The Balaban J connectivity index is 1.91. The number of carbonyl (C=O) groups excluding carboxylic acids is 1. The second-order valence-corrected chi connectivity index (χ2v) is 5.35. The van der Waals surface area contributed by atoms with E-state index in [0.717, 1.165) is 45.3 Å². The van der Waals surface area contributed by atoms with Gasteiger partial charge in [-0.1, -0.05) is 19.8 Å². The van der Waals surface area contributed by atoms with Gasteiger partial charge in [-0.2, -0.15) is 0 Å². The van der Waals surface area contributed by atoms with Gasteiger partial charge in [0, 0.05) is 13.1 Å². The van der Waals surface area contributed by atoms with Gasteiger partial charge in [-0.25, -0.2) is 5.01 Å². The fourth-order valence-corrected chi connectivity index (χ4v) is 3.01. The van der Waals surface area contributed by atoms with Crippen molar-refractivity contribution in [1.82, 2.24) is 15.8 Å². The quantitative estimate of drug-likeness (QED) is 0.780. The summed E-state index contributed by atoms with van der Waals surface area (Å²) in [7, 11) is 0. The fraction of sp³-hybridized carbons (Fsp3) is 0.923. The van der Waals surface area contributed by atoms with Gasteiger partial charge >= 0.3 is 0 Å². The van der Waals surface area contributed by atoms with Crippen LogP contribution in [0, 0.1) is 0 Å².